The van der Waals surface area contributed by atoms with Gasteiger partial charge in [-0.2, -0.15) is 0 Å². The zero-order valence-electron chi connectivity index (χ0n) is 12.7. The third-order valence-electron chi connectivity index (χ3n) is 3.47. The minimum atomic E-state index is -0.493. The molecule has 2 heterocycles. The van der Waals surface area contributed by atoms with Crippen molar-refractivity contribution >= 4 is 28.8 Å². The van der Waals surface area contributed by atoms with Crippen molar-refractivity contribution in [1.29, 1.82) is 0 Å². The molecule has 122 valence electrons. The summed E-state index contributed by atoms with van der Waals surface area (Å²) in [4.78, 5) is 17.0. The maximum atomic E-state index is 11.7. The second kappa shape index (κ2) is 7.47. The highest BCUT2D eigenvalue weighted by atomic mass is 35.5. The van der Waals surface area contributed by atoms with Crippen molar-refractivity contribution < 1.29 is 9.53 Å². The van der Waals surface area contributed by atoms with Crippen molar-refractivity contribution in [2.24, 2.45) is 5.73 Å². The number of benzene rings is 1. The van der Waals surface area contributed by atoms with Crippen LogP contribution in [0.4, 0.5) is 0 Å². The lowest BCUT2D eigenvalue weighted by Gasteiger charge is -2.07. The van der Waals surface area contributed by atoms with Crippen molar-refractivity contribution in [3.8, 4) is 16.2 Å². The third kappa shape index (κ3) is 3.75. The SMILES string of the molecule is NC(=O)c1sc(-c2ccncc2)cc1OCCc1ccccc1Cl. The summed E-state index contributed by atoms with van der Waals surface area (Å²) in [5, 5.41) is 0.707. The van der Waals surface area contributed by atoms with Crippen LogP contribution in [0.25, 0.3) is 10.4 Å². The molecule has 0 saturated heterocycles. The molecule has 6 heteroatoms. The van der Waals surface area contributed by atoms with Gasteiger partial charge in [0.15, 0.2) is 0 Å². The molecule has 0 aliphatic heterocycles. The summed E-state index contributed by atoms with van der Waals surface area (Å²) in [6.07, 6.45) is 4.06. The lowest BCUT2D eigenvalue weighted by atomic mass is 10.2. The fourth-order valence-electron chi connectivity index (χ4n) is 2.28. The molecule has 3 aromatic rings. The Morgan fingerprint density at radius 2 is 1.96 bits per heavy atom. The zero-order valence-corrected chi connectivity index (χ0v) is 14.3. The summed E-state index contributed by atoms with van der Waals surface area (Å²) < 4.78 is 5.79. The first kappa shape index (κ1) is 16.5. The van der Waals surface area contributed by atoms with E-state index >= 15 is 0 Å². The van der Waals surface area contributed by atoms with Crippen molar-refractivity contribution in [3.63, 3.8) is 0 Å². The number of rotatable bonds is 6. The number of thiophene rings is 1. The number of ether oxygens (including phenoxy) is 1. The number of primary amides is 1. The lowest BCUT2D eigenvalue weighted by molar-refractivity contribution is 0.100. The van der Waals surface area contributed by atoms with Gasteiger partial charge in [-0.25, -0.2) is 0 Å². The van der Waals surface area contributed by atoms with Crippen molar-refractivity contribution in [1.82, 2.24) is 4.98 Å². The highest BCUT2D eigenvalue weighted by Crippen LogP contribution is 2.36. The Balaban J connectivity index is 1.76. The Hall–Kier alpha value is -2.37. The van der Waals surface area contributed by atoms with E-state index in [-0.39, 0.29) is 0 Å². The molecule has 0 aliphatic carbocycles. The van der Waals surface area contributed by atoms with Gasteiger partial charge in [-0.3, -0.25) is 9.78 Å². The van der Waals surface area contributed by atoms with Gasteiger partial charge in [-0.1, -0.05) is 29.8 Å². The molecule has 0 radical (unpaired) electrons. The smallest absolute Gasteiger partial charge is 0.262 e. The summed E-state index contributed by atoms with van der Waals surface area (Å²) in [6.45, 7) is 0.413. The Morgan fingerprint density at radius 3 is 2.67 bits per heavy atom. The first-order valence-electron chi connectivity index (χ1n) is 7.35. The molecular weight excluding hydrogens is 344 g/mol. The van der Waals surface area contributed by atoms with Crippen LogP contribution in [-0.2, 0) is 6.42 Å². The third-order valence-corrected chi connectivity index (χ3v) is 5.02. The number of aromatic nitrogens is 1. The highest BCUT2D eigenvalue weighted by molar-refractivity contribution is 7.17. The zero-order chi connectivity index (χ0) is 16.9. The first-order valence-corrected chi connectivity index (χ1v) is 8.55. The maximum Gasteiger partial charge on any atom is 0.262 e. The number of halogens is 1. The van der Waals surface area contributed by atoms with Crippen LogP contribution in [0.2, 0.25) is 5.02 Å². The molecule has 2 N–H and O–H groups in total. The van der Waals surface area contributed by atoms with Gasteiger partial charge in [0, 0.05) is 28.7 Å². The van der Waals surface area contributed by atoms with E-state index in [9.17, 15) is 4.79 Å². The number of amides is 1. The minimum Gasteiger partial charge on any atom is -0.491 e. The summed E-state index contributed by atoms with van der Waals surface area (Å²) in [6, 6.07) is 13.2. The number of hydrogen-bond acceptors (Lipinski definition) is 4. The van der Waals surface area contributed by atoms with Gasteiger partial charge >= 0.3 is 0 Å². The molecule has 24 heavy (non-hydrogen) atoms. The quantitative estimate of drug-likeness (QED) is 0.718. The van der Waals surface area contributed by atoms with E-state index in [1.807, 2.05) is 42.5 Å². The van der Waals surface area contributed by atoms with Gasteiger partial charge in [0.1, 0.15) is 10.6 Å². The molecule has 1 amide bonds. The van der Waals surface area contributed by atoms with E-state index in [0.29, 0.717) is 28.7 Å². The van der Waals surface area contributed by atoms with E-state index < -0.39 is 5.91 Å². The summed E-state index contributed by atoms with van der Waals surface area (Å²) in [5.74, 6) is 0.0133. The van der Waals surface area contributed by atoms with E-state index in [4.69, 9.17) is 22.1 Å². The average molecular weight is 359 g/mol. The molecule has 0 saturated carbocycles. The number of carbonyl (C=O) groups is 1. The topological polar surface area (TPSA) is 65.2 Å². The first-order chi connectivity index (χ1) is 11.6. The second-order valence-corrected chi connectivity index (χ2v) is 6.55. The van der Waals surface area contributed by atoms with Crippen molar-refractivity contribution in [3.05, 3.63) is 70.3 Å². The van der Waals surface area contributed by atoms with Crippen molar-refractivity contribution in [2.75, 3.05) is 6.61 Å². The maximum absolute atomic E-state index is 11.7. The molecule has 0 bridgehead atoms. The molecule has 0 atom stereocenters. The Morgan fingerprint density at radius 1 is 1.21 bits per heavy atom. The van der Waals surface area contributed by atoms with Crippen LogP contribution in [0.5, 0.6) is 5.75 Å². The van der Waals surface area contributed by atoms with Crippen molar-refractivity contribution in [2.45, 2.75) is 6.42 Å². The normalized spacial score (nSPS) is 10.5. The molecule has 0 aliphatic rings. The largest absolute Gasteiger partial charge is 0.491 e. The van der Waals surface area contributed by atoms with E-state index in [2.05, 4.69) is 4.98 Å². The van der Waals surface area contributed by atoms with Crippen LogP contribution in [0, 0.1) is 0 Å². The van der Waals surface area contributed by atoms with Crippen LogP contribution in [-0.4, -0.2) is 17.5 Å². The van der Waals surface area contributed by atoms with Crippen LogP contribution in [0.15, 0.2) is 54.9 Å². The van der Waals surface area contributed by atoms with Gasteiger partial charge in [0.25, 0.3) is 5.91 Å². The van der Waals surface area contributed by atoms with E-state index in [1.54, 1.807) is 12.4 Å². The molecule has 2 aromatic heterocycles. The molecule has 4 nitrogen and oxygen atoms in total. The monoisotopic (exact) mass is 358 g/mol. The standard InChI is InChI=1S/C18H15ClN2O2S/c19-14-4-2-1-3-12(14)7-10-23-15-11-16(24-17(15)18(20)22)13-5-8-21-9-6-13/h1-6,8-9,11H,7,10H2,(H2,20,22). The molecule has 0 unspecified atom stereocenters. The van der Waals surface area contributed by atoms with Crippen LogP contribution < -0.4 is 10.5 Å². The van der Waals surface area contributed by atoms with Gasteiger partial charge in [0.05, 0.1) is 6.61 Å². The number of hydrogen-bond donors (Lipinski definition) is 1. The number of nitrogens with two attached hydrogens (primary N) is 1. The predicted octanol–water partition coefficient (Wildman–Crippen LogP) is 4.18. The van der Waals surface area contributed by atoms with Gasteiger partial charge in [0.2, 0.25) is 0 Å². The lowest BCUT2D eigenvalue weighted by Crippen LogP contribution is -2.11. The van der Waals surface area contributed by atoms with Gasteiger partial charge in [-0.15, -0.1) is 11.3 Å². The number of nitrogens with zero attached hydrogens (tertiary/aromatic N) is 1. The number of carbonyl (C=O) groups excluding carboxylic acids is 1. The predicted molar refractivity (Wildman–Crippen MR) is 96.7 cm³/mol. The summed E-state index contributed by atoms with van der Waals surface area (Å²) in [7, 11) is 0. The second-order valence-electron chi connectivity index (χ2n) is 5.09. The van der Waals surface area contributed by atoms with Crippen LogP contribution in [0.3, 0.4) is 0 Å². The summed E-state index contributed by atoms with van der Waals surface area (Å²) >= 11 is 7.46. The van der Waals surface area contributed by atoms with E-state index in [1.165, 1.54) is 11.3 Å². The number of pyridine rings is 1. The van der Waals surface area contributed by atoms with Gasteiger partial charge < -0.3 is 10.5 Å². The Labute approximate surface area is 148 Å². The summed E-state index contributed by atoms with van der Waals surface area (Å²) in [5.41, 5.74) is 7.45. The Kier molecular flexibility index (Phi) is 5.13. The van der Waals surface area contributed by atoms with Crippen LogP contribution in [0.1, 0.15) is 15.2 Å². The molecular formula is C18H15ClN2O2S. The highest BCUT2D eigenvalue weighted by Gasteiger charge is 2.16. The fourth-order valence-corrected chi connectivity index (χ4v) is 3.47. The van der Waals surface area contributed by atoms with Gasteiger partial charge in [-0.05, 0) is 35.4 Å². The Bertz CT molecular complexity index is 849. The average Bonchev–Trinajstić information content (AvgIpc) is 3.02. The molecule has 0 spiro atoms. The minimum absolute atomic E-state index is 0.413. The molecule has 3 rings (SSSR count). The molecule has 1 aromatic carbocycles. The molecule has 0 fully saturated rings. The van der Waals surface area contributed by atoms with Crippen LogP contribution >= 0.6 is 22.9 Å². The van der Waals surface area contributed by atoms with E-state index in [0.717, 1.165) is 16.0 Å². The fraction of sp³-hybridized carbons (Fsp3) is 0.111.